The first-order chi connectivity index (χ1) is 9.23. The molecule has 1 rings (SSSR count). The summed E-state index contributed by atoms with van der Waals surface area (Å²) >= 11 is 0. The van der Waals surface area contributed by atoms with Crippen LogP contribution in [0.25, 0.3) is 0 Å². The van der Waals surface area contributed by atoms with Crippen molar-refractivity contribution in [2.24, 2.45) is 5.73 Å². The first-order valence-electron chi connectivity index (χ1n) is 5.70. The van der Waals surface area contributed by atoms with Gasteiger partial charge >= 0.3 is 12.0 Å². The van der Waals surface area contributed by atoms with Crippen molar-refractivity contribution in [1.29, 1.82) is 0 Å². The lowest BCUT2D eigenvalue weighted by Gasteiger charge is -2.27. The van der Waals surface area contributed by atoms with Crippen LogP contribution in [0.4, 0.5) is 16.2 Å². The van der Waals surface area contributed by atoms with Crippen molar-refractivity contribution in [3.63, 3.8) is 0 Å². The molecule has 20 heavy (non-hydrogen) atoms. The van der Waals surface area contributed by atoms with E-state index in [1.165, 1.54) is 37.1 Å². The molecule has 1 atom stereocenters. The number of rotatable bonds is 4. The van der Waals surface area contributed by atoms with Crippen LogP contribution < -0.4 is 21.7 Å². The molecule has 0 saturated carbocycles. The van der Waals surface area contributed by atoms with Gasteiger partial charge in [0.2, 0.25) is 5.91 Å². The molecule has 0 heterocycles. The largest absolute Gasteiger partial charge is 0.478 e. The van der Waals surface area contributed by atoms with Gasteiger partial charge in [-0.05, 0) is 25.1 Å². The highest BCUT2D eigenvalue weighted by atomic mass is 16.4. The number of carbonyl (C=O) groups excluding carboxylic acids is 2. The number of benzene rings is 1. The number of carboxylic acids is 1. The molecule has 0 aliphatic rings. The minimum absolute atomic E-state index is 0.0359. The van der Waals surface area contributed by atoms with E-state index in [9.17, 15) is 14.4 Å². The van der Waals surface area contributed by atoms with Gasteiger partial charge in [-0.15, -0.1) is 0 Å². The Bertz CT molecular complexity index is 558. The number of nitrogens with one attached hydrogen (secondary N) is 1. The lowest BCUT2D eigenvalue weighted by atomic mass is 10.1. The second kappa shape index (κ2) is 5.91. The van der Waals surface area contributed by atoms with E-state index in [-0.39, 0.29) is 5.56 Å². The predicted octanol–water partition coefficient (Wildman–Crippen LogP) is -0.0134. The van der Waals surface area contributed by atoms with E-state index < -0.39 is 23.9 Å². The maximum absolute atomic E-state index is 11.7. The number of likely N-dealkylation sites (N-methyl/N-ethyl adjacent to an activating group) is 1. The molecule has 6 N–H and O–H groups in total. The normalized spacial score (nSPS) is 11.5. The summed E-state index contributed by atoms with van der Waals surface area (Å²) < 4.78 is 0. The van der Waals surface area contributed by atoms with Crippen LogP contribution in [0.1, 0.15) is 17.3 Å². The van der Waals surface area contributed by atoms with Gasteiger partial charge < -0.3 is 21.5 Å². The number of nitrogen functional groups attached to an aromatic ring is 1. The maximum Gasteiger partial charge on any atom is 0.337 e. The number of nitrogens with two attached hydrogens (primary N) is 2. The quantitative estimate of drug-likeness (QED) is 0.572. The Morgan fingerprint density at radius 3 is 2.45 bits per heavy atom. The van der Waals surface area contributed by atoms with Gasteiger partial charge in [-0.2, -0.15) is 0 Å². The SMILES string of the molecule is CC(C(=O)NC(N)=O)N(C)c1ccc(N)cc1C(=O)O. The second-order valence-corrected chi connectivity index (χ2v) is 4.22. The van der Waals surface area contributed by atoms with Gasteiger partial charge in [-0.3, -0.25) is 10.1 Å². The number of hydrogen-bond donors (Lipinski definition) is 4. The molecule has 108 valence electrons. The molecular weight excluding hydrogens is 264 g/mol. The number of aromatic carboxylic acids is 1. The predicted molar refractivity (Wildman–Crippen MR) is 73.4 cm³/mol. The van der Waals surface area contributed by atoms with E-state index in [0.29, 0.717) is 11.4 Å². The van der Waals surface area contributed by atoms with Crippen molar-refractivity contribution in [2.45, 2.75) is 13.0 Å². The number of nitrogens with zero attached hydrogens (tertiary/aromatic N) is 1. The molecule has 1 aromatic carbocycles. The van der Waals surface area contributed by atoms with E-state index >= 15 is 0 Å². The van der Waals surface area contributed by atoms with E-state index in [2.05, 4.69) is 0 Å². The minimum atomic E-state index is -1.17. The molecule has 0 saturated heterocycles. The Labute approximate surface area is 115 Å². The molecule has 3 amide bonds. The zero-order valence-corrected chi connectivity index (χ0v) is 11.1. The van der Waals surface area contributed by atoms with Crippen molar-refractivity contribution in [2.75, 3.05) is 17.7 Å². The van der Waals surface area contributed by atoms with Gasteiger partial charge in [-0.1, -0.05) is 0 Å². The topological polar surface area (TPSA) is 139 Å². The maximum atomic E-state index is 11.7. The molecule has 1 unspecified atom stereocenters. The molecule has 0 radical (unpaired) electrons. The van der Waals surface area contributed by atoms with E-state index in [1.807, 2.05) is 5.32 Å². The standard InChI is InChI=1S/C12H16N4O4/c1-6(10(17)15-12(14)20)16(2)9-4-3-7(13)5-8(9)11(18)19/h3-6H,13H2,1-2H3,(H,18,19)(H3,14,15,17,20). The molecule has 0 spiro atoms. The fraction of sp³-hybridized carbons (Fsp3) is 0.250. The third kappa shape index (κ3) is 3.37. The lowest BCUT2D eigenvalue weighted by Crippen LogP contribution is -2.47. The van der Waals surface area contributed by atoms with Crippen molar-refractivity contribution >= 4 is 29.3 Å². The third-order valence-electron chi connectivity index (χ3n) is 2.84. The van der Waals surface area contributed by atoms with Crippen LogP contribution in [-0.2, 0) is 4.79 Å². The number of primary amides is 1. The highest BCUT2D eigenvalue weighted by Crippen LogP contribution is 2.24. The Morgan fingerprint density at radius 2 is 1.95 bits per heavy atom. The lowest BCUT2D eigenvalue weighted by molar-refractivity contribution is -0.120. The Morgan fingerprint density at radius 1 is 1.35 bits per heavy atom. The smallest absolute Gasteiger partial charge is 0.337 e. The van der Waals surface area contributed by atoms with E-state index in [4.69, 9.17) is 16.6 Å². The number of hydrogen-bond acceptors (Lipinski definition) is 5. The summed E-state index contributed by atoms with van der Waals surface area (Å²) in [6, 6.07) is 2.56. The summed E-state index contributed by atoms with van der Waals surface area (Å²) in [5.41, 5.74) is 11.0. The zero-order valence-electron chi connectivity index (χ0n) is 11.1. The van der Waals surface area contributed by atoms with Crippen LogP contribution in [-0.4, -0.2) is 36.1 Å². The zero-order chi connectivity index (χ0) is 15.4. The Kier molecular flexibility index (Phi) is 4.52. The van der Waals surface area contributed by atoms with Crippen LogP contribution in [0.5, 0.6) is 0 Å². The molecule has 0 fully saturated rings. The number of carboxylic acid groups (broad SMARTS) is 1. The van der Waals surface area contributed by atoms with Crippen molar-refractivity contribution in [3.05, 3.63) is 23.8 Å². The van der Waals surface area contributed by atoms with Gasteiger partial charge in [-0.25, -0.2) is 9.59 Å². The number of amides is 3. The first kappa shape index (κ1) is 15.3. The van der Waals surface area contributed by atoms with Gasteiger partial charge in [0.1, 0.15) is 6.04 Å². The summed E-state index contributed by atoms with van der Waals surface area (Å²) in [6.07, 6.45) is 0. The van der Waals surface area contributed by atoms with Gasteiger partial charge in [0.15, 0.2) is 0 Å². The van der Waals surface area contributed by atoms with Crippen LogP contribution in [0.15, 0.2) is 18.2 Å². The van der Waals surface area contributed by atoms with Gasteiger partial charge in [0, 0.05) is 12.7 Å². The van der Waals surface area contributed by atoms with Crippen LogP contribution >= 0.6 is 0 Å². The first-order valence-corrected chi connectivity index (χ1v) is 5.70. The van der Waals surface area contributed by atoms with Crippen molar-refractivity contribution in [3.8, 4) is 0 Å². The molecular formula is C12H16N4O4. The van der Waals surface area contributed by atoms with Gasteiger partial charge in [0.25, 0.3) is 0 Å². The fourth-order valence-electron chi connectivity index (χ4n) is 1.64. The second-order valence-electron chi connectivity index (χ2n) is 4.22. The molecule has 8 nitrogen and oxygen atoms in total. The highest BCUT2D eigenvalue weighted by Gasteiger charge is 2.23. The molecule has 8 heteroatoms. The molecule has 0 bridgehead atoms. The summed E-state index contributed by atoms with van der Waals surface area (Å²) in [5, 5.41) is 11.1. The molecule has 1 aromatic rings. The van der Waals surface area contributed by atoms with E-state index in [1.54, 1.807) is 0 Å². The number of urea groups is 1. The van der Waals surface area contributed by atoms with E-state index in [0.717, 1.165) is 0 Å². The summed E-state index contributed by atoms with van der Waals surface area (Å²) in [4.78, 5) is 35.0. The minimum Gasteiger partial charge on any atom is -0.478 e. The average molecular weight is 280 g/mol. The Hall–Kier alpha value is -2.77. The van der Waals surface area contributed by atoms with Crippen LogP contribution in [0.3, 0.4) is 0 Å². The number of carbonyl (C=O) groups is 3. The highest BCUT2D eigenvalue weighted by molar-refractivity contribution is 6.00. The van der Waals surface area contributed by atoms with Gasteiger partial charge in [0.05, 0.1) is 11.3 Å². The van der Waals surface area contributed by atoms with Crippen molar-refractivity contribution in [1.82, 2.24) is 5.32 Å². The molecule has 0 aromatic heterocycles. The summed E-state index contributed by atoms with van der Waals surface area (Å²) in [7, 11) is 1.53. The molecule has 0 aliphatic heterocycles. The summed E-state index contributed by atoms with van der Waals surface area (Å²) in [5.74, 6) is -1.80. The van der Waals surface area contributed by atoms with Crippen LogP contribution in [0, 0.1) is 0 Å². The third-order valence-corrected chi connectivity index (χ3v) is 2.84. The average Bonchev–Trinajstić information content (AvgIpc) is 2.36. The fourth-order valence-corrected chi connectivity index (χ4v) is 1.64. The number of imide groups is 1. The van der Waals surface area contributed by atoms with Crippen LogP contribution in [0.2, 0.25) is 0 Å². The summed E-state index contributed by atoms with van der Waals surface area (Å²) in [6.45, 7) is 1.51. The molecule has 0 aliphatic carbocycles. The Balaban J connectivity index is 3.08. The monoisotopic (exact) mass is 280 g/mol. The number of anilines is 2. The van der Waals surface area contributed by atoms with Crippen molar-refractivity contribution < 1.29 is 19.5 Å².